The van der Waals surface area contributed by atoms with Crippen molar-refractivity contribution in [1.82, 2.24) is 4.90 Å². The van der Waals surface area contributed by atoms with E-state index in [2.05, 4.69) is 48.5 Å². The van der Waals surface area contributed by atoms with Gasteiger partial charge in [-0.3, -0.25) is 4.79 Å². The summed E-state index contributed by atoms with van der Waals surface area (Å²) in [5.41, 5.74) is 10.0. The van der Waals surface area contributed by atoms with Gasteiger partial charge in [-0.05, 0) is 42.4 Å². The molecule has 0 heterocycles. The van der Waals surface area contributed by atoms with Crippen LogP contribution < -0.4 is 5.73 Å². The Hall–Kier alpha value is -1.84. The van der Waals surface area contributed by atoms with Gasteiger partial charge in [0.25, 0.3) is 0 Å². The van der Waals surface area contributed by atoms with Gasteiger partial charge in [-0.25, -0.2) is 0 Å². The topological polar surface area (TPSA) is 46.3 Å². The highest BCUT2D eigenvalue weighted by molar-refractivity contribution is 5.85. The molecule has 2 aromatic carbocycles. The van der Waals surface area contributed by atoms with E-state index in [9.17, 15) is 4.79 Å². The molecule has 3 nitrogen and oxygen atoms in total. The van der Waals surface area contributed by atoms with Crippen molar-refractivity contribution >= 4 is 18.3 Å². The molecule has 0 aromatic heterocycles. The Balaban J connectivity index is 0.00000196. The fourth-order valence-corrected chi connectivity index (χ4v) is 4.54. The Bertz CT molecular complexity index is 764. The first kappa shape index (κ1) is 18.9. The van der Waals surface area contributed by atoms with Gasteiger partial charge < -0.3 is 10.6 Å². The van der Waals surface area contributed by atoms with E-state index in [-0.39, 0.29) is 23.7 Å². The predicted molar refractivity (Wildman–Crippen MR) is 108 cm³/mol. The van der Waals surface area contributed by atoms with Crippen LogP contribution in [0.2, 0.25) is 0 Å². The summed E-state index contributed by atoms with van der Waals surface area (Å²) < 4.78 is 0. The third-order valence-corrected chi connectivity index (χ3v) is 5.99. The number of aryl methyl sites for hydroxylation is 1. The maximum Gasteiger partial charge on any atom is 0.226 e. The molecule has 2 N–H and O–H groups in total. The van der Waals surface area contributed by atoms with Gasteiger partial charge in [-0.2, -0.15) is 0 Å². The van der Waals surface area contributed by atoms with E-state index in [1.165, 1.54) is 16.7 Å². The molecule has 4 heteroatoms. The van der Waals surface area contributed by atoms with Gasteiger partial charge in [0.1, 0.15) is 0 Å². The fourth-order valence-electron chi connectivity index (χ4n) is 4.54. The molecule has 2 aromatic rings. The number of amides is 1. The number of nitrogens with two attached hydrogens (primary N) is 1. The molecule has 2 aliphatic carbocycles. The lowest BCUT2D eigenvalue weighted by Gasteiger charge is -2.24. The second-order valence-corrected chi connectivity index (χ2v) is 7.42. The Morgan fingerprint density at radius 3 is 2.58 bits per heavy atom. The summed E-state index contributed by atoms with van der Waals surface area (Å²) in [6.45, 7) is 1.94. The molecule has 2 unspecified atom stereocenters. The summed E-state index contributed by atoms with van der Waals surface area (Å²) >= 11 is 0. The van der Waals surface area contributed by atoms with Gasteiger partial charge in [0, 0.05) is 31.0 Å². The molecule has 0 bridgehead atoms. The minimum Gasteiger partial charge on any atom is -0.341 e. The summed E-state index contributed by atoms with van der Waals surface area (Å²) in [6.07, 6.45) is 4.14. The van der Waals surface area contributed by atoms with Crippen molar-refractivity contribution in [3.8, 4) is 0 Å². The Labute approximate surface area is 162 Å². The third kappa shape index (κ3) is 3.38. The lowest BCUT2D eigenvalue weighted by molar-refractivity contribution is -0.133. The highest BCUT2D eigenvalue weighted by Crippen LogP contribution is 2.61. The molecular formula is C22H27ClN2O. The normalized spacial score (nSPS) is 22.6. The molecule has 1 amide bonds. The molecule has 1 fully saturated rings. The van der Waals surface area contributed by atoms with Gasteiger partial charge in [-0.1, -0.05) is 54.6 Å². The van der Waals surface area contributed by atoms with Crippen LogP contribution in [-0.4, -0.2) is 30.4 Å². The molecule has 1 saturated carbocycles. The summed E-state index contributed by atoms with van der Waals surface area (Å²) in [7, 11) is 0. The minimum atomic E-state index is 0. The molecule has 0 radical (unpaired) electrons. The van der Waals surface area contributed by atoms with Crippen LogP contribution in [-0.2, 0) is 23.1 Å². The second kappa shape index (κ2) is 7.81. The first-order chi connectivity index (χ1) is 12.2. The third-order valence-electron chi connectivity index (χ3n) is 5.99. The van der Waals surface area contributed by atoms with E-state index in [1.807, 2.05) is 11.0 Å². The fraction of sp³-hybridized carbons (Fsp3) is 0.409. The van der Waals surface area contributed by atoms with Crippen molar-refractivity contribution < 1.29 is 4.79 Å². The largest absolute Gasteiger partial charge is 0.341 e. The van der Waals surface area contributed by atoms with Gasteiger partial charge in [0.05, 0.1) is 0 Å². The molecule has 26 heavy (non-hydrogen) atoms. The van der Waals surface area contributed by atoms with Crippen molar-refractivity contribution in [3.63, 3.8) is 0 Å². The molecule has 0 aliphatic heterocycles. The Kier molecular flexibility index (Phi) is 5.69. The number of carbonyl (C=O) groups is 1. The molecule has 0 saturated heterocycles. The average molecular weight is 371 g/mol. The highest BCUT2D eigenvalue weighted by Gasteiger charge is 2.61. The summed E-state index contributed by atoms with van der Waals surface area (Å²) in [5.74, 6) is 0.455. The van der Waals surface area contributed by atoms with Crippen molar-refractivity contribution in [1.29, 1.82) is 0 Å². The molecule has 2 atom stereocenters. The van der Waals surface area contributed by atoms with Gasteiger partial charge in [0.2, 0.25) is 5.91 Å². The average Bonchev–Trinajstić information content (AvgIpc) is 3.28. The van der Waals surface area contributed by atoms with E-state index >= 15 is 0 Å². The smallest absolute Gasteiger partial charge is 0.226 e. The van der Waals surface area contributed by atoms with Crippen molar-refractivity contribution in [2.45, 2.75) is 31.1 Å². The number of fused-ring (bicyclic) bond motifs is 2. The van der Waals surface area contributed by atoms with E-state index < -0.39 is 0 Å². The van der Waals surface area contributed by atoms with Crippen LogP contribution in [0.4, 0.5) is 0 Å². The van der Waals surface area contributed by atoms with Crippen LogP contribution in [0.15, 0.2) is 54.6 Å². The van der Waals surface area contributed by atoms with Crippen molar-refractivity contribution in [3.05, 3.63) is 71.3 Å². The first-order valence-electron chi connectivity index (χ1n) is 9.36. The number of nitrogens with zero attached hydrogens (tertiary/aromatic N) is 1. The van der Waals surface area contributed by atoms with E-state index in [0.29, 0.717) is 19.0 Å². The summed E-state index contributed by atoms with van der Waals surface area (Å²) in [4.78, 5) is 15.2. The lowest BCUT2D eigenvalue weighted by Crippen LogP contribution is -2.39. The predicted octanol–water partition coefficient (Wildman–Crippen LogP) is 3.34. The Morgan fingerprint density at radius 2 is 1.81 bits per heavy atom. The summed E-state index contributed by atoms with van der Waals surface area (Å²) in [5, 5.41) is 0. The number of hydrogen-bond donors (Lipinski definition) is 1. The molecular weight excluding hydrogens is 344 g/mol. The van der Waals surface area contributed by atoms with Crippen LogP contribution in [0.25, 0.3) is 0 Å². The molecule has 138 valence electrons. The Morgan fingerprint density at radius 1 is 1.08 bits per heavy atom. The zero-order valence-electron chi connectivity index (χ0n) is 15.1. The van der Waals surface area contributed by atoms with Gasteiger partial charge in [0.15, 0.2) is 0 Å². The van der Waals surface area contributed by atoms with Crippen LogP contribution in [0.3, 0.4) is 0 Å². The number of halogens is 1. The lowest BCUT2D eigenvalue weighted by atomic mass is 9.95. The summed E-state index contributed by atoms with van der Waals surface area (Å²) in [6, 6.07) is 19.0. The molecule has 2 aliphatic rings. The highest BCUT2D eigenvalue weighted by atomic mass is 35.5. The van der Waals surface area contributed by atoms with E-state index in [1.54, 1.807) is 0 Å². The van der Waals surface area contributed by atoms with Gasteiger partial charge in [-0.15, -0.1) is 12.4 Å². The van der Waals surface area contributed by atoms with Crippen molar-refractivity contribution in [2.24, 2.45) is 11.7 Å². The SMILES string of the molecule is Cl.NCCN(CCc1ccccc1)C(=O)C1CC12CCc1ccccc12. The van der Waals surface area contributed by atoms with Crippen LogP contribution in [0, 0.1) is 5.92 Å². The maximum atomic E-state index is 13.2. The monoisotopic (exact) mass is 370 g/mol. The first-order valence-corrected chi connectivity index (χ1v) is 9.36. The van der Waals surface area contributed by atoms with Crippen LogP contribution in [0.5, 0.6) is 0 Å². The van der Waals surface area contributed by atoms with Crippen LogP contribution >= 0.6 is 12.4 Å². The molecule has 4 rings (SSSR count). The zero-order valence-corrected chi connectivity index (χ0v) is 15.9. The van der Waals surface area contributed by atoms with Gasteiger partial charge >= 0.3 is 0 Å². The standard InChI is InChI=1S/C22H26N2O.ClH/c23-13-15-24(14-11-17-6-2-1-3-7-17)21(25)20-16-22(20)12-10-18-8-4-5-9-19(18)22;/h1-9,20H,10-16,23H2;1H. The van der Waals surface area contributed by atoms with Crippen LogP contribution in [0.1, 0.15) is 29.5 Å². The number of hydrogen-bond acceptors (Lipinski definition) is 2. The van der Waals surface area contributed by atoms with E-state index in [4.69, 9.17) is 5.73 Å². The quantitative estimate of drug-likeness (QED) is 0.847. The minimum absolute atomic E-state index is 0. The van der Waals surface area contributed by atoms with Crippen molar-refractivity contribution in [2.75, 3.05) is 19.6 Å². The number of carbonyl (C=O) groups excluding carboxylic acids is 1. The number of benzene rings is 2. The van der Waals surface area contributed by atoms with E-state index in [0.717, 1.165) is 32.2 Å². The molecule has 1 spiro atoms. The number of rotatable bonds is 6. The second-order valence-electron chi connectivity index (χ2n) is 7.42. The maximum absolute atomic E-state index is 13.2. The zero-order chi connectivity index (χ0) is 17.3.